The molecule has 1 amide bonds. The van der Waals surface area contributed by atoms with E-state index in [1.54, 1.807) is 0 Å². The summed E-state index contributed by atoms with van der Waals surface area (Å²) < 4.78 is 2.03. The topological polar surface area (TPSA) is 64.2 Å². The molecular formula is C22H31ClN4O. The van der Waals surface area contributed by atoms with Gasteiger partial charge in [-0.15, -0.1) is 12.4 Å². The van der Waals surface area contributed by atoms with Crippen LogP contribution in [0.3, 0.4) is 0 Å². The van der Waals surface area contributed by atoms with Gasteiger partial charge in [-0.25, -0.2) is 4.68 Å². The zero-order valence-corrected chi connectivity index (χ0v) is 17.9. The van der Waals surface area contributed by atoms with E-state index in [9.17, 15) is 4.79 Å². The van der Waals surface area contributed by atoms with Crippen molar-refractivity contribution in [3.63, 3.8) is 0 Å². The number of fused-ring (bicyclic) bond motifs is 1. The highest BCUT2D eigenvalue weighted by Crippen LogP contribution is 2.31. The Morgan fingerprint density at radius 3 is 2.75 bits per heavy atom. The van der Waals surface area contributed by atoms with Gasteiger partial charge < -0.3 is 10.6 Å². The van der Waals surface area contributed by atoms with E-state index < -0.39 is 0 Å². The first kappa shape index (κ1) is 20.9. The van der Waals surface area contributed by atoms with Crippen LogP contribution in [0.25, 0.3) is 5.69 Å². The molecule has 2 N–H and O–H groups in total. The number of halogens is 1. The van der Waals surface area contributed by atoms with Gasteiger partial charge in [0, 0.05) is 30.4 Å². The van der Waals surface area contributed by atoms with E-state index in [-0.39, 0.29) is 24.4 Å². The second kappa shape index (κ2) is 8.26. The number of aryl methyl sites for hydroxylation is 2. The van der Waals surface area contributed by atoms with Crippen LogP contribution in [0, 0.1) is 19.8 Å². The summed E-state index contributed by atoms with van der Waals surface area (Å²) in [7, 11) is 0. The van der Waals surface area contributed by atoms with Crippen LogP contribution in [0.5, 0.6) is 0 Å². The second-order valence-corrected chi connectivity index (χ2v) is 8.34. The minimum absolute atomic E-state index is 0. The molecule has 6 heteroatoms. The van der Waals surface area contributed by atoms with E-state index in [1.807, 2.05) is 16.5 Å². The van der Waals surface area contributed by atoms with Crippen molar-refractivity contribution in [3.05, 3.63) is 46.3 Å². The highest BCUT2D eigenvalue weighted by atomic mass is 35.5. The maximum absolute atomic E-state index is 13.3. The summed E-state index contributed by atoms with van der Waals surface area (Å²) in [6.07, 6.45) is 5.17. The molecule has 2 atom stereocenters. The number of carbonyl (C=O) groups is 1. The predicted octanol–water partition coefficient (Wildman–Crippen LogP) is 3.60. The lowest BCUT2D eigenvalue weighted by atomic mass is 9.92. The molecule has 4 rings (SSSR count). The first-order chi connectivity index (χ1) is 13.0. The average Bonchev–Trinajstić information content (AvgIpc) is 3.24. The lowest BCUT2D eigenvalue weighted by Crippen LogP contribution is -2.45. The first-order valence-corrected chi connectivity index (χ1v) is 10.2. The van der Waals surface area contributed by atoms with Gasteiger partial charge >= 0.3 is 0 Å². The van der Waals surface area contributed by atoms with Gasteiger partial charge in [0.25, 0.3) is 5.91 Å². The van der Waals surface area contributed by atoms with Crippen LogP contribution in [-0.2, 0) is 12.8 Å². The van der Waals surface area contributed by atoms with E-state index in [4.69, 9.17) is 10.8 Å². The largest absolute Gasteiger partial charge is 0.337 e. The van der Waals surface area contributed by atoms with Crippen molar-refractivity contribution in [3.8, 4) is 5.69 Å². The smallest absolute Gasteiger partial charge is 0.274 e. The normalized spacial score (nSPS) is 19.9. The van der Waals surface area contributed by atoms with Crippen LogP contribution in [0.2, 0.25) is 0 Å². The van der Waals surface area contributed by atoms with Crippen LogP contribution in [0.4, 0.5) is 0 Å². The second-order valence-electron chi connectivity index (χ2n) is 8.34. The molecular weight excluding hydrogens is 372 g/mol. The Bertz CT molecular complexity index is 874. The lowest BCUT2D eigenvalue weighted by molar-refractivity contribution is 0.0653. The Balaban J connectivity index is 0.00000225. The monoisotopic (exact) mass is 402 g/mol. The van der Waals surface area contributed by atoms with Crippen LogP contribution in [0.15, 0.2) is 18.2 Å². The molecule has 1 aromatic heterocycles. The number of likely N-dealkylation sites (tertiary alicyclic amines) is 1. The summed E-state index contributed by atoms with van der Waals surface area (Å²) in [5, 5.41) is 4.83. The zero-order valence-electron chi connectivity index (χ0n) is 17.1. The van der Waals surface area contributed by atoms with Crippen LogP contribution < -0.4 is 5.73 Å². The van der Waals surface area contributed by atoms with Gasteiger partial charge in [-0.2, -0.15) is 5.10 Å². The summed E-state index contributed by atoms with van der Waals surface area (Å²) in [5.74, 6) is 0.471. The third-order valence-corrected chi connectivity index (χ3v) is 6.20. The number of amides is 1. The van der Waals surface area contributed by atoms with Gasteiger partial charge in [0.2, 0.25) is 0 Å². The first-order valence-electron chi connectivity index (χ1n) is 10.2. The Kier molecular flexibility index (Phi) is 6.15. The van der Waals surface area contributed by atoms with Crippen LogP contribution >= 0.6 is 12.4 Å². The molecule has 2 unspecified atom stereocenters. The van der Waals surface area contributed by atoms with E-state index in [2.05, 4.69) is 32.0 Å². The molecule has 5 nitrogen and oxygen atoms in total. The van der Waals surface area contributed by atoms with Crippen molar-refractivity contribution in [1.29, 1.82) is 0 Å². The van der Waals surface area contributed by atoms with Crippen molar-refractivity contribution in [2.75, 3.05) is 13.1 Å². The average molecular weight is 403 g/mol. The number of hydrogen-bond acceptors (Lipinski definition) is 3. The molecule has 1 saturated heterocycles. The van der Waals surface area contributed by atoms with E-state index in [1.165, 1.54) is 16.8 Å². The molecule has 2 aliphatic rings. The maximum Gasteiger partial charge on any atom is 0.274 e. The molecule has 1 aliphatic heterocycles. The Hall–Kier alpha value is -1.85. The molecule has 0 saturated carbocycles. The zero-order chi connectivity index (χ0) is 19.1. The van der Waals surface area contributed by atoms with Gasteiger partial charge in [0.15, 0.2) is 5.69 Å². The fraction of sp³-hybridized carbons (Fsp3) is 0.545. The number of rotatable bonds is 3. The number of piperidine rings is 1. The number of nitrogens with zero attached hydrogens (tertiary/aromatic N) is 3. The summed E-state index contributed by atoms with van der Waals surface area (Å²) in [6.45, 7) is 7.83. The maximum atomic E-state index is 13.3. The Labute approximate surface area is 173 Å². The summed E-state index contributed by atoms with van der Waals surface area (Å²) in [5.41, 5.74) is 12.7. The summed E-state index contributed by atoms with van der Waals surface area (Å²) in [4.78, 5) is 15.3. The Morgan fingerprint density at radius 2 is 2.04 bits per heavy atom. The fourth-order valence-electron chi connectivity index (χ4n) is 4.62. The molecule has 2 heterocycles. The van der Waals surface area contributed by atoms with Crippen molar-refractivity contribution in [2.45, 2.75) is 58.9 Å². The predicted molar refractivity (Wildman–Crippen MR) is 115 cm³/mol. The molecule has 1 aliphatic carbocycles. The van der Waals surface area contributed by atoms with E-state index in [0.29, 0.717) is 11.6 Å². The number of carbonyl (C=O) groups excluding carboxylic acids is 1. The third-order valence-electron chi connectivity index (χ3n) is 6.20. The SMILES string of the molecule is Cc1ccc(-n2nc(C(=O)N3CCCC(C(C)N)C3)c3c2CCC3)c(C)c1.Cl. The highest BCUT2D eigenvalue weighted by molar-refractivity contribution is 5.94. The van der Waals surface area contributed by atoms with Gasteiger partial charge in [-0.1, -0.05) is 17.7 Å². The van der Waals surface area contributed by atoms with Gasteiger partial charge in [0.05, 0.1) is 5.69 Å². The van der Waals surface area contributed by atoms with E-state index >= 15 is 0 Å². The molecule has 0 spiro atoms. The van der Waals surface area contributed by atoms with E-state index in [0.717, 1.165) is 56.4 Å². The van der Waals surface area contributed by atoms with Gasteiger partial charge in [-0.3, -0.25) is 4.79 Å². The van der Waals surface area contributed by atoms with Gasteiger partial charge in [0.1, 0.15) is 0 Å². The molecule has 28 heavy (non-hydrogen) atoms. The molecule has 152 valence electrons. The number of hydrogen-bond donors (Lipinski definition) is 1. The standard InChI is InChI=1S/C22H30N4O.ClH/c1-14-9-10-19(15(2)12-14)26-20-8-4-7-18(20)21(24-26)22(27)25-11-5-6-17(13-25)16(3)23;/h9-10,12,16-17H,4-8,11,13,23H2,1-3H3;1H. The highest BCUT2D eigenvalue weighted by Gasteiger charge is 2.32. The minimum Gasteiger partial charge on any atom is -0.337 e. The van der Waals surface area contributed by atoms with Crippen LogP contribution in [0.1, 0.15) is 59.1 Å². The summed E-state index contributed by atoms with van der Waals surface area (Å²) >= 11 is 0. The number of aromatic nitrogens is 2. The van der Waals surface area contributed by atoms with Crippen molar-refractivity contribution >= 4 is 18.3 Å². The minimum atomic E-state index is 0. The Morgan fingerprint density at radius 1 is 1.25 bits per heavy atom. The van der Waals surface area contributed by atoms with Crippen molar-refractivity contribution in [2.24, 2.45) is 11.7 Å². The number of benzene rings is 1. The molecule has 0 radical (unpaired) electrons. The molecule has 1 fully saturated rings. The quantitative estimate of drug-likeness (QED) is 0.853. The van der Waals surface area contributed by atoms with Crippen molar-refractivity contribution in [1.82, 2.24) is 14.7 Å². The molecule has 1 aromatic carbocycles. The van der Waals surface area contributed by atoms with Gasteiger partial charge in [-0.05, 0) is 70.4 Å². The molecule has 0 bridgehead atoms. The van der Waals surface area contributed by atoms with Crippen LogP contribution in [-0.4, -0.2) is 39.7 Å². The molecule has 2 aromatic rings. The fourth-order valence-corrected chi connectivity index (χ4v) is 4.62. The third kappa shape index (κ3) is 3.70. The number of nitrogens with two attached hydrogens (primary N) is 1. The lowest BCUT2D eigenvalue weighted by Gasteiger charge is -2.34. The van der Waals surface area contributed by atoms with Crippen molar-refractivity contribution < 1.29 is 4.79 Å². The summed E-state index contributed by atoms with van der Waals surface area (Å²) in [6, 6.07) is 6.54.